The summed E-state index contributed by atoms with van der Waals surface area (Å²) < 4.78 is 62.2. The van der Waals surface area contributed by atoms with Crippen molar-refractivity contribution < 1.29 is 26.7 Å². The van der Waals surface area contributed by atoms with Gasteiger partial charge in [-0.05, 0) is 23.8 Å². The summed E-state index contributed by atoms with van der Waals surface area (Å²) in [6.45, 7) is 0. The van der Waals surface area contributed by atoms with Gasteiger partial charge < -0.3 is 5.11 Å². The number of hydrogen-bond donors (Lipinski definition) is 1. The Bertz CT molecular complexity index is 771. The minimum atomic E-state index is -3.40. The van der Waals surface area contributed by atoms with Crippen molar-refractivity contribution in [1.82, 2.24) is 0 Å². The molecule has 3 nitrogen and oxygen atoms in total. The lowest BCUT2D eigenvalue weighted by molar-refractivity contribution is 0.212. The average Bonchev–Trinajstić information content (AvgIpc) is 2.43. The van der Waals surface area contributed by atoms with E-state index in [2.05, 4.69) is 0 Å². The van der Waals surface area contributed by atoms with Crippen LogP contribution in [0.5, 0.6) is 0 Å². The number of sulfone groups is 1. The summed E-state index contributed by atoms with van der Waals surface area (Å²) in [5, 5.41) is 10.0. The van der Waals surface area contributed by atoms with E-state index in [0.717, 1.165) is 12.3 Å². The van der Waals surface area contributed by atoms with Gasteiger partial charge in [-0.1, -0.05) is 18.2 Å². The third-order valence-corrected chi connectivity index (χ3v) is 4.11. The topological polar surface area (TPSA) is 54.4 Å². The minimum absolute atomic E-state index is 0.0317. The Balaban J connectivity index is 2.41. The van der Waals surface area contributed by atoms with Crippen molar-refractivity contribution >= 4 is 9.84 Å². The molecule has 0 bridgehead atoms. The first-order valence-electron chi connectivity index (χ1n) is 5.83. The molecule has 0 heterocycles. The Morgan fingerprint density at radius 1 is 0.952 bits per heavy atom. The monoisotopic (exact) mass is 316 g/mol. The summed E-state index contributed by atoms with van der Waals surface area (Å²) in [6, 6.07) is 6.69. The van der Waals surface area contributed by atoms with Crippen LogP contribution >= 0.6 is 0 Å². The molecule has 0 amide bonds. The van der Waals surface area contributed by atoms with Crippen LogP contribution < -0.4 is 0 Å². The Morgan fingerprint density at radius 2 is 1.52 bits per heavy atom. The lowest BCUT2D eigenvalue weighted by Gasteiger charge is -2.13. The smallest absolute Gasteiger partial charge is 0.194 e. The second-order valence-corrected chi connectivity index (χ2v) is 6.52. The van der Waals surface area contributed by atoms with Gasteiger partial charge >= 0.3 is 0 Å². The molecular weight excluding hydrogens is 305 g/mol. The Kier molecular flexibility index (Phi) is 4.06. The molecule has 2 aromatic carbocycles. The van der Waals surface area contributed by atoms with E-state index in [0.29, 0.717) is 6.07 Å². The quantitative estimate of drug-likeness (QED) is 0.886. The molecule has 2 aromatic rings. The predicted molar refractivity (Wildman–Crippen MR) is 69.9 cm³/mol. The molecule has 0 saturated carbocycles. The summed E-state index contributed by atoms with van der Waals surface area (Å²) in [6.07, 6.45) is -0.512. The van der Waals surface area contributed by atoms with E-state index in [-0.39, 0.29) is 10.5 Å². The fourth-order valence-corrected chi connectivity index (χ4v) is 2.46. The SMILES string of the molecule is CS(=O)(=O)c1ccc(C(O)c2ccc(F)c(F)c2F)cc1. The van der Waals surface area contributed by atoms with Gasteiger partial charge in [-0.2, -0.15) is 0 Å². The Morgan fingerprint density at radius 3 is 2.05 bits per heavy atom. The van der Waals surface area contributed by atoms with Crippen LogP contribution in [0.2, 0.25) is 0 Å². The van der Waals surface area contributed by atoms with Crippen LogP contribution in [0.25, 0.3) is 0 Å². The second kappa shape index (κ2) is 5.50. The zero-order valence-electron chi connectivity index (χ0n) is 10.8. The van der Waals surface area contributed by atoms with Crippen molar-refractivity contribution in [1.29, 1.82) is 0 Å². The van der Waals surface area contributed by atoms with E-state index < -0.39 is 39.0 Å². The number of aliphatic hydroxyl groups excluding tert-OH is 1. The van der Waals surface area contributed by atoms with Crippen molar-refractivity contribution in [3.8, 4) is 0 Å². The van der Waals surface area contributed by atoms with E-state index in [1.165, 1.54) is 24.3 Å². The molecule has 112 valence electrons. The lowest BCUT2D eigenvalue weighted by Crippen LogP contribution is -2.06. The summed E-state index contributed by atoms with van der Waals surface area (Å²) in [7, 11) is -3.40. The molecular formula is C14H11F3O3S. The zero-order valence-corrected chi connectivity index (χ0v) is 11.7. The number of rotatable bonds is 3. The first-order valence-corrected chi connectivity index (χ1v) is 7.72. The largest absolute Gasteiger partial charge is 0.384 e. The van der Waals surface area contributed by atoms with Gasteiger partial charge in [-0.25, -0.2) is 21.6 Å². The molecule has 1 unspecified atom stereocenters. The van der Waals surface area contributed by atoms with Crippen LogP contribution in [0.3, 0.4) is 0 Å². The van der Waals surface area contributed by atoms with Crippen LogP contribution in [0, 0.1) is 17.5 Å². The number of hydrogen-bond acceptors (Lipinski definition) is 3. The first kappa shape index (κ1) is 15.5. The van der Waals surface area contributed by atoms with E-state index in [1.807, 2.05) is 0 Å². The third-order valence-electron chi connectivity index (χ3n) is 2.98. The highest BCUT2D eigenvalue weighted by atomic mass is 32.2. The van der Waals surface area contributed by atoms with Gasteiger partial charge in [0, 0.05) is 11.8 Å². The van der Waals surface area contributed by atoms with E-state index >= 15 is 0 Å². The highest BCUT2D eigenvalue weighted by molar-refractivity contribution is 7.90. The van der Waals surface area contributed by atoms with Crippen molar-refractivity contribution in [3.05, 3.63) is 65.0 Å². The summed E-state index contributed by atoms with van der Waals surface area (Å²) >= 11 is 0. The number of benzene rings is 2. The molecule has 21 heavy (non-hydrogen) atoms. The third kappa shape index (κ3) is 3.08. The van der Waals surface area contributed by atoms with Crippen molar-refractivity contribution in [2.75, 3.05) is 6.26 Å². The van der Waals surface area contributed by atoms with E-state index in [1.54, 1.807) is 0 Å². The van der Waals surface area contributed by atoms with Crippen LogP contribution in [-0.2, 0) is 9.84 Å². The van der Waals surface area contributed by atoms with Gasteiger partial charge in [0.15, 0.2) is 27.3 Å². The maximum atomic E-state index is 13.6. The van der Waals surface area contributed by atoms with Crippen LogP contribution in [0.15, 0.2) is 41.3 Å². The van der Waals surface area contributed by atoms with Gasteiger partial charge in [0.25, 0.3) is 0 Å². The summed E-state index contributed by atoms with van der Waals surface area (Å²) in [5.41, 5.74) is -0.270. The zero-order chi connectivity index (χ0) is 15.8. The minimum Gasteiger partial charge on any atom is -0.384 e. The van der Waals surface area contributed by atoms with Crippen LogP contribution in [0.1, 0.15) is 17.2 Å². The fraction of sp³-hybridized carbons (Fsp3) is 0.143. The molecule has 1 atom stereocenters. The molecule has 0 spiro atoms. The summed E-state index contributed by atoms with van der Waals surface area (Å²) in [5.74, 6) is -4.50. The molecule has 0 aliphatic carbocycles. The van der Waals surface area contributed by atoms with Crippen molar-refractivity contribution in [2.24, 2.45) is 0 Å². The van der Waals surface area contributed by atoms with Gasteiger partial charge in [0.05, 0.1) is 4.90 Å². The Hall–Kier alpha value is -1.86. The van der Waals surface area contributed by atoms with Crippen LogP contribution in [-0.4, -0.2) is 19.8 Å². The van der Waals surface area contributed by atoms with Crippen molar-refractivity contribution in [3.63, 3.8) is 0 Å². The molecule has 0 fully saturated rings. The van der Waals surface area contributed by atoms with Gasteiger partial charge in [0.2, 0.25) is 0 Å². The molecule has 2 rings (SSSR count). The molecule has 0 aliphatic heterocycles. The lowest BCUT2D eigenvalue weighted by atomic mass is 10.0. The number of halogens is 3. The second-order valence-electron chi connectivity index (χ2n) is 4.51. The maximum absolute atomic E-state index is 13.6. The molecule has 7 heteroatoms. The van der Waals surface area contributed by atoms with Crippen molar-refractivity contribution in [2.45, 2.75) is 11.0 Å². The number of aliphatic hydroxyl groups is 1. The molecule has 0 saturated heterocycles. The maximum Gasteiger partial charge on any atom is 0.194 e. The highest BCUT2D eigenvalue weighted by Gasteiger charge is 2.20. The first-order chi connectivity index (χ1) is 9.71. The Labute approximate surface area is 119 Å². The van der Waals surface area contributed by atoms with Gasteiger partial charge in [0.1, 0.15) is 6.10 Å². The van der Waals surface area contributed by atoms with E-state index in [9.17, 15) is 26.7 Å². The van der Waals surface area contributed by atoms with Crippen LogP contribution in [0.4, 0.5) is 13.2 Å². The van der Waals surface area contributed by atoms with E-state index in [4.69, 9.17) is 0 Å². The average molecular weight is 316 g/mol. The summed E-state index contributed by atoms with van der Waals surface area (Å²) in [4.78, 5) is 0.0317. The highest BCUT2D eigenvalue weighted by Crippen LogP contribution is 2.27. The van der Waals surface area contributed by atoms with Gasteiger partial charge in [-0.3, -0.25) is 0 Å². The molecule has 0 radical (unpaired) electrons. The normalized spacial score (nSPS) is 13.2. The fourth-order valence-electron chi connectivity index (χ4n) is 1.83. The molecule has 1 N–H and O–H groups in total. The molecule has 0 aromatic heterocycles. The predicted octanol–water partition coefficient (Wildman–Crippen LogP) is 2.59. The standard InChI is InChI=1S/C14H11F3O3S/c1-21(19,20)9-4-2-8(3-5-9)14(18)10-6-7-11(15)13(17)12(10)16/h2-7,14,18H,1H3. The molecule has 0 aliphatic rings. The van der Waals surface area contributed by atoms with Gasteiger partial charge in [-0.15, -0.1) is 0 Å².